The molecule has 0 saturated heterocycles. The second kappa shape index (κ2) is 29.7. The second-order valence-electron chi connectivity index (χ2n) is 13.9. The SMILES string of the molecule is CC(=O)N[C@@H](CC(=O)O)C(=O)N[C@@H](CCC(=O)O)C(=O)N[C@H](C(=O)N[C@@H](CC(=O)O)C(=O)O)C(C)C.O=C(CSCCCc1ccccc1)CSCCCc1ccccc1. The normalized spacial score (nSPS) is 12.6. The number of Topliss-reactive ketones (excluding diaryl/α,β-unsaturated/α-hetero) is 1. The van der Waals surface area contributed by atoms with Gasteiger partial charge in [-0.1, -0.05) is 74.5 Å². The summed E-state index contributed by atoms with van der Waals surface area (Å²) >= 11 is 3.56. The quantitative estimate of drug-likeness (QED) is 0.0571. The van der Waals surface area contributed by atoms with Crippen molar-refractivity contribution in [3.63, 3.8) is 0 Å². The van der Waals surface area contributed by atoms with Gasteiger partial charge in [-0.2, -0.15) is 23.5 Å². The molecule has 0 bridgehead atoms. The molecule has 4 atom stereocenters. The number of ketones is 1. The van der Waals surface area contributed by atoms with Crippen molar-refractivity contribution < 1.29 is 63.6 Å². The Balaban J connectivity index is 0.000000646. The van der Waals surface area contributed by atoms with E-state index in [9.17, 15) is 43.2 Å². The molecule has 0 unspecified atom stereocenters. The van der Waals surface area contributed by atoms with Gasteiger partial charge in [0, 0.05) is 13.3 Å². The molecule has 0 radical (unpaired) electrons. The Morgan fingerprint density at radius 3 is 1.43 bits per heavy atom. The molecular formula is C41H56N4O13S2. The van der Waals surface area contributed by atoms with Crippen molar-refractivity contribution in [2.75, 3.05) is 23.0 Å². The molecule has 2 rings (SSSR count). The number of carbonyl (C=O) groups excluding carboxylic acids is 5. The smallest absolute Gasteiger partial charge is 0.326 e. The molecule has 8 N–H and O–H groups in total. The molecule has 0 aromatic heterocycles. The van der Waals surface area contributed by atoms with Gasteiger partial charge in [0.1, 0.15) is 24.2 Å². The van der Waals surface area contributed by atoms with E-state index in [4.69, 9.17) is 20.4 Å². The minimum Gasteiger partial charge on any atom is -0.481 e. The zero-order valence-corrected chi connectivity index (χ0v) is 35.6. The van der Waals surface area contributed by atoms with E-state index < -0.39 is 103 Å². The van der Waals surface area contributed by atoms with Crippen LogP contribution in [0, 0.1) is 5.92 Å². The summed E-state index contributed by atoms with van der Waals surface area (Å²) in [7, 11) is 0. The lowest BCUT2D eigenvalue weighted by Gasteiger charge is -2.27. The number of rotatable bonds is 28. The molecule has 17 nitrogen and oxygen atoms in total. The van der Waals surface area contributed by atoms with E-state index in [1.54, 1.807) is 23.5 Å². The molecule has 0 heterocycles. The Labute approximate surface area is 357 Å². The molecule has 330 valence electrons. The monoisotopic (exact) mass is 876 g/mol. The van der Waals surface area contributed by atoms with Crippen molar-refractivity contribution in [2.45, 2.75) is 96.3 Å². The van der Waals surface area contributed by atoms with Gasteiger partial charge in [0.05, 0.1) is 24.3 Å². The maximum absolute atomic E-state index is 12.9. The van der Waals surface area contributed by atoms with Crippen LogP contribution in [-0.4, -0.2) is 121 Å². The van der Waals surface area contributed by atoms with Crippen LogP contribution in [0.1, 0.15) is 70.4 Å². The fourth-order valence-electron chi connectivity index (χ4n) is 5.32. The van der Waals surface area contributed by atoms with Crippen LogP contribution < -0.4 is 21.3 Å². The first-order chi connectivity index (χ1) is 28.4. The maximum atomic E-state index is 12.9. The largest absolute Gasteiger partial charge is 0.481 e. The third-order valence-corrected chi connectivity index (χ3v) is 10.5. The zero-order chi connectivity index (χ0) is 45.0. The predicted molar refractivity (Wildman–Crippen MR) is 226 cm³/mol. The van der Waals surface area contributed by atoms with Gasteiger partial charge in [-0.05, 0) is 60.7 Å². The number of thioether (sulfide) groups is 2. The number of hydrogen-bond acceptors (Lipinski definition) is 11. The highest BCUT2D eigenvalue weighted by Crippen LogP contribution is 2.12. The Morgan fingerprint density at radius 1 is 0.567 bits per heavy atom. The number of carbonyl (C=O) groups is 9. The van der Waals surface area contributed by atoms with Crippen LogP contribution in [0.4, 0.5) is 0 Å². The first-order valence-corrected chi connectivity index (χ1v) is 21.5. The first-order valence-electron chi connectivity index (χ1n) is 19.2. The standard InChI is InChI=1S/C21H26OS2.C20H30N4O12/c22-21(17-23-15-7-13-19-9-3-1-4-10-19)18-24-16-8-14-20-11-5-2-6-12-20;1-8(2)16(19(34)23-12(20(35)36)7-15(30)31)24-17(32)10(4-5-13(26)27)22-18(33)11(6-14(28)29)21-9(3)25/h1-6,9-12H,7-8,13-18H2;8,10-12,16H,4-7H2,1-3H3,(H,21,25)(H,22,33)(H,23,34)(H,24,32)(H,26,27)(H,28,29)(H,30,31)(H,35,36)/t;10-,11-,12-,16-/m.0/s1. The van der Waals surface area contributed by atoms with Crippen molar-refractivity contribution in [1.29, 1.82) is 0 Å². The number of amides is 4. The van der Waals surface area contributed by atoms with Gasteiger partial charge in [0.15, 0.2) is 5.78 Å². The van der Waals surface area contributed by atoms with E-state index in [-0.39, 0.29) is 0 Å². The number of hydrogen-bond donors (Lipinski definition) is 8. The van der Waals surface area contributed by atoms with Gasteiger partial charge in [-0.3, -0.25) is 38.4 Å². The Hall–Kier alpha value is -5.43. The number of aryl methyl sites for hydroxylation is 2. The van der Waals surface area contributed by atoms with E-state index in [0.29, 0.717) is 17.3 Å². The van der Waals surface area contributed by atoms with E-state index in [1.807, 2.05) is 5.32 Å². The summed E-state index contributed by atoms with van der Waals surface area (Å²) in [4.78, 5) is 105. The van der Waals surface area contributed by atoms with Crippen LogP contribution in [-0.2, 0) is 56.0 Å². The molecule has 0 aliphatic carbocycles. The van der Waals surface area contributed by atoms with Crippen LogP contribution in [0.15, 0.2) is 60.7 Å². The van der Waals surface area contributed by atoms with E-state index in [2.05, 4.69) is 76.6 Å². The molecule has 4 amide bonds. The maximum Gasteiger partial charge on any atom is 0.326 e. The predicted octanol–water partition coefficient (Wildman–Crippen LogP) is 2.79. The minimum absolute atomic E-state index is 0.379. The summed E-state index contributed by atoms with van der Waals surface area (Å²) in [6.45, 7) is 3.97. The lowest BCUT2D eigenvalue weighted by Crippen LogP contribution is -2.59. The molecule has 60 heavy (non-hydrogen) atoms. The number of aliphatic carboxylic acids is 4. The Bertz CT molecular complexity index is 1650. The average Bonchev–Trinajstić information content (AvgIpc) is 3.17. The fraction of sp³-hybridized carbons (Fsp3) is 0.488. The van der Waals surface area contributed by atoms with Crippen molar-refractivity contribution in [1.82, 2.24) is 21.3 Å². The second-order valence-corrected chi connectivity index (χ2v) is 16.1. The van der Waals surface area contributed by atoms with Gasteiger partial charge < -0.3 is 41.7 Å². The highest BCUT2D eigenvalue weighted by atomic mass is 32.2. The van der Waals surface area contributed by atoms with E-state index in [0.717, 1.165) is 44.1 Å². The molecule has 0 saturated carbocycles. The van der Waals surface area contributed by atoms with Gasteiger partial charge in [0.25, 0.3) is 0 Å². The van der Waals surface area contributed by atoms with Gasteiger partial charge in [-0.25, -0.2) is 4.79 Å². The molecule has 19 heteroatoms. The van der Waals surface area contributed by atoms with Crippen LogP contribution in [0.2, 0.25) is 0 Å². The number of carboxylic acid groups (broad SMARTS) is 4. The van der Waals surface area contributed by atoms with E-state index in [1.165, 1.54) is 25.0 Å². The van der Waals surface area contributed by atoms with Crippen molar-refractivity contribution >= 4 is 76.8 Å². The average molecular weight is 877 g/mol. The van der Waals surface area contributed by atoms with Gasteiger partial charge in [0.2, 0.25) is 23.6 Å². The minimum atomic E-state index is -1.80. The third-order valence-electron chi connectivity index (χ3n) is 8.31. The highest BCUT2D eigenvalue weighted by molar-refractivity contribution is 8.01. The van der Waals surface area contributed by atoms with Crippen LogP contribution in [0.25, 0.3) is 0 Å². The highest BCUT2D eigenvalue weighted by Gasteiger charge is 2.33. The first kappa shape index (κ1) is 52.6. The lowest BCUT2D eigenvalue weighted by molar-refractivity contribution is -0.147. The van der Waals surface area contributed by atoms with Crippen LogP contribution in [0.5, 0.6) is 0 Å². The number of nitrogens with one attached hydrogen (secondary N) is 4. The lowest BCUT2D eigenvalue weighted by atomic mass is 10.0. The van der Waals surface area contributed by atoms with Gasteiger partial charge in [-0.15, -0.1) is 0 Å². The summed E-state index contributed by atoms with van der Waals surface area (Å²) < 4.78 is 0. The molecule has 2 aromatic carbocycles. The molecular weight excluding hydrogens is 821 g/mol. The topological polar surface area (TPSA) is 283 Å². The number of carboxylic acids is 4. The Kier molecular flexibility index (Phi) is 26.1. The van der Waals surface area contributed by atoms with Crippen molar-refractivity contribution in [3.8, 4) is 0 Å². The summed E-state index contributed by atoms with van der Waals surface area (Å²) in [5.41, 5.74) is 2.77. The van der Waals surface area contributed by atoms with Crippen LogP contribution in [0.3, 0.4) is 0 Å². The molecule has 0 aliphatic heterocycles. The van der Waals surface area contributed by atoms with E-state index >= 15 is 0 Å². The summed E-state index contributed by atoms with van der Waals surface area (Å²) in [5, 5.41) is 44.4. The molecule has 0 spiro atoms. The molecule has 2 aromatic rings. The fourth-order valence-corrected chi connectivity index (χ4v) is 7.10. The third kappa shape index (κ3) is 24.5. The molecule has 0 fully saturated rings. The van der Waals surface area contributed by atoms with Crippen LogP contribution >= 0.6 is 23.5 Å². The Morgan fingerprint density at radius 2 is 1.02 bits per heavy atom. The molecule has 0 aliphatic rings. The number of benzene rings is 2. The van der Waals surface area contributed by atoms with Gasteiger partial charge >= 0.3 is 23.9 Å². The summed E-state index contributed by atoms with van der Waals surface area (Å²) in [6, 6.07) is 14.7. The summed E-state index contributed by atoms with van der Waals surface area (Å²) in [6.07, 6.45) is 1.64. The van der Waals surface area contributed by atoms with Crippen molar-refractivity contribution in [3.05, 3.63) is 71.8 Å². The van der Waals surface area contributed by atoms with Crippen molar-refractivity contribution in [2.24, 2.45) is 5.92 Å². The zero-order valence-electron chi connectivity index (χ0n) is 33.9. The summed E-state index contributed by atoms with van der Waals surface area (Å²) in [5.74, 6) is -6.66.